The number of nitrogens with one attached hydrogen (secondary N) is 1. The minimum atomic E-state index is -0.0157. The van der Waals surface area contributed by atoms with Gasteiger partial charge in [0.1, 0.15) is 0 Å². The molecule has 0 spiro atoms. The van der Waals surface area contributed by atoms with Crippen molar-refractivity contribution in [2.75, 3.05) is 12.4 Å². The summed E-state index contributed by atoms with van der Waals surface area (Å²) < 4.78 is 0. The fraction of sp³-hybridized carbons (Fsp3) is 0.571. The molecule has 0 saturated carbocycles. The molecular formula is C7H12ClNO. The standard InChI is InChI=1S/C7H12ClNO/c1-6(2)5-9-7(10)3-4-8/h1,3-5H2,2H3,(H,9,10). The summed E-state index contributed by atoms with van der Waals surface area (Å²) in [5, 5.41) is 2.66. The van der Waals surface area contributed by atoms with E-state index in [2.05, 4.69) is 11.9 Å². The van der Waals surface area contributed by atoms with Crippen LogP contribution < -0.4 is 5.32 Å². The van der Waals surface area contributed by atoms with E-state index in [1.54, 1.807) is 0 Å². The van der Waals surface area contributed by atoms with Crippen LogP contribution in [0, 0.1) is 0 Å². The van der Waals surface area contributed by atoms with Crippen LogP contribution in [0.5, 0.6) is 0 Å². The molecule has 3 heteroatoms. The highest BCUT2D eigenvalue weighted by Crippen LogP contribution is 1.86. The molecule has 0 aliphatic rings. The van der Waals surface area contributed by atoms with Crippen LogP contribution in [0.15, 0.2) is 12.2 Å². The normalized spacial score (nSPS) is 9.00. The van der Waals surface area contributed by atoms with Gasteiger partial charge in [-0.1, -0.05) is 12.2 Å². The smallest absolute Gasteiger partial charge is 0.221 e. The fourth-order valence-corrected chi connectivity index (χ4v) is 0.595. The van der Waals surface area contributed by atoms with Crippen LogP contribution in [0.25, 0.3) is 0 Å². The van der Waals surface area contributed by atoms with E-state index in [0.29, 0.717) is 18.8 Å². The number of rotatable bonds is 4. The Balaban J connectivity index is 3.30. The number of amides is 1. The van der Waals surface area contributed by atoms with Crippen LogP contribution in [0.3, 0.4) is 0 Å². The lowest BCUT2D eigenvalue weighted by atomic mass is 10.3. The zero-order valence-corrected chi connectivity index (χ0v) is 6.87. The first kappa shape index (κ1) is 9.50. The summed E-state index contributed by atoms with van der Waals surface area (Å²) in [6, 6.07) is 0. The maximum Gasteiger partial charge on any atom is 0.221 e. The summed E-state index contributed by atoms with van der Waals surface area (Å²) in [5.74, 6) is 0.361. The van der Waals surface area contributed by atoms with Crippen LogP contribution in [0.2, 0.25) is 0 Å². The van der Waals surface area contributed by atoms with E-state index in [9.17, 15) is 4.79 Å². The predicted octanol–water partition coefficient (Wildman–Crippen LogP) is 1.31. The van der Waals surface area contributed by atoms with E-state index in [0.717, 1.165) is 5.57 Å². The SMILES string of the molecule is C=C(C)CNC(=O)CCCl. The van der Waals surface area contributed by atoms with Crippen LogP contribution >= 0.6 is 11.6 Å². The average Bonchev–Trinajstić information content (AvgIpc) is 1.85. The summed E-state index contributed by atoms with van der Waals surface area (Å²) in [5.41, 5.74) is 0.947. The summed E-state index contributed by atoms with van der Waals surface area (Å²) in [4.78, 5) is 10.7. The third-order valence-electron chi connectivity index (χ3n) is 0.909. The molecule has 0 aromatic rings. The van der Waals surface area contributed by atoms with Gasteiger partial charge in [0.2, 0.25) is 5.91 Å². The van der Waals surface area contributed by atoms with Gasteiger partial charge < -0.3 is 5.32 Å². The van der Waals surface area contributed by atoms with E-state index < -0.39 is 0 Å². The molecule has 0 aromatic carbocycles. The zero-order valence-electron chi connectivity index (χ0n) is 6.11. The van der Waals surface area contributed by atoms with Gasteiger partial charge in [-0.25, -0.2) is 0 Å². The second kappa shape index (κ2) is 5.30. The Morgan fingerprint density at radius 2 is 2.30 bits per heavy atom. The Morgan fingerprint density at radius 1 is 1.70 bits per heavy atom. The molecule has 1 amide bonds. The second-order valence-corrected chi connectivity index (χ2v) is 2.55. The van der Waals surface area contributed by atoms with Crippen molar-refractivity contribution in [2.24, 2.45) is 0 Å². The number of carbonyl (C=O) groups is 1. The van der Waals surface area contributed by atoms with Gasteiger partial charge in [0.15, 0.2) is 0 Å². The molecule has 0 unspecified atom stereocenters. The van der Waals surface area contributed by atoms with Gasteiger partial charge in [0, 0.05) is 18.8 Å². The van der Waals surface area contributed by atoms with E-state index in [-0.39, 0.29) is 5.91 Å². The number of halogens is 1. The molecule has 0 bridgehead atoms. The second-order valence-electron chi connectivity index (χ2n) is 2.17. The molecule has 10 heavy (non-hydrogen) atoms. The molecule has 0 heterocycles. The molecule has 0 saturated heterocycles. The van der Waals surface area contributed by atoms with Gasteiger partial charge in [0.05, 0.1) is 0 Å². The third kappa shape index (κ3) is 5.63. The van der Waals surface area contributed by atoms with Gasteiger partial charge >= 0.3 is 0 Å². The van der Waals surface area contributed by atoms with E-state index in [1.165, 1.54) is 0 Å². The van der Waals surface area contributed by atoms with Gasteiger partial charge in [-0.15, -0.1) is 11.6 Å². The van der Waals surface area contributed by atoms with Crippen LogP contribution in [0.1, 0.15) is 13.3 Å². The van der Waals surface area contributed by atoms with Gasteiger partial charge in [-0.2, -0.15) is 0 Å². The predicted molar refractivity (Wildman–Crippen MR) is 43.2 cm³/mol. The molecule has 0 radical (unpaired) electrons. The highest BCUT2D eigenvalue weighted by molar-refractivity contribution is 6.18. The van der Waals surface area contributed by atoms with Crippen molar-refractivity contribution >= 4 is 17.5 Å². The monoisotopic (exact) mass is 161 g/mol. The molecule has 0 aromatic heterocycles. The number of hydrogen-bond acceptors (Lipinski definition) is 1. The largest absolute Gasteiger partial charge is 0.352 e. The maximum atomic E-state index is 10.7. The van der Waals surface area contributed by atoms with Crippen LogP contribution in [-0.2, 0) is 4.79 Å². The molecule has 2 nitrogen and oxygen atoms in total. The van der Waals surface area contributed by atoms with Crippen molar-refractivity contribution < 1.29 is 4.79 Å². The number of carbonyl (C=O) groups excluding carboxylic acids is 1. The Hall–Kier alpha value is -0.500. The van der Waals surface area contributed by atoms with E-state index in [1.807, 2.05) is 6.92 Å². The summed E-state index contributed by atoms with van der Waals surface area (Å²) in [7, 11) is 0. The molecule has 58 valence electrons. The van der Waals surface area contributed by atoms with E-state index >= 15 is 0 Å². The molecular weight excluding hydrogens is 150 g/mol. The molecule has 0 atom stereocenters. The molecule has 0 aliphatic heterocycles. The Kier molecular flexibility index (Phi) is 5.03. The lowest BCUT2D eigenvalue weighted by Gasteiger charge is -2.01. The van der Waals surface area contributed by atoms with Gasteiger partial charge in [0.25, 0.3) is 0 Å². The van der Waals surface area contributed by atoms with Crippen molar-refractivity contribution in [1.29, 1.82) is 0 Å². The third-order valence-corrected chi connectivity index (χ3v) is 1.10. The highest BCUT2D eigenvalue weighted by Gasteiger charge is 1.96. The molecule has 0 rings (SSSR count). The molecule has 0 fully saturated rings. The quantitative estimate of drug-likeness (QED) is 0.489. The minimum absolute atomic E-state index is 0.0157. The highest BCUT2D eigenvalue weighted by atomic mass is 35.5. The maximum absolute atomic E-state index is 10.7. The molecule has 1 N–H and O–H groups in total. The minimum Gasteiger partial charge on any atom is -0.352 e. The fourth-order valence-electron chi connectivity index (χ4n) is 0.424. The Labute approximate surface area is 66.3 Å². The number of alkyl halides is 1. The van der Waals surface area contributed by atoms with Crippen LogP contribution in [0.4, 0.5) is 0 Å². The molecule has 0 aliphatic carbocycles. The summed E-state index contributed by atoms with van der Waals surface area (Å²) in [6.45, 7) is 6.05. The lowest BCUT2D eigenvalue weighted by Crippen LogP contribution is -2.24. The zero-order chi connectivity index (χ0) is 7.98. The van der Waals surface area contributed by atoms with Crippen molar-refractivity contribution in [3.8, 4) is 0 Å². The van der Waals surface area contributed by atoms with Crippen molar-refractivity contribution in [1.82, 2.24) is 5.32 Å². The summed E-state index contributed by atoms with van der Waals surface area (Å²) >= 11 is 5.33. The number of hydrogen-bond donors (Lipinski definition) is 1. The Morgan fingerprint density at radius 3 is 2.70 bits per heavy atom. The van der Waals surface area contributed by atoms with E-state index in [4.69, 9.17) is 11.6 Å². The van der Waals surface area contributed by atoms with Crippen molar-refractivity contribution in [2.45, 2.75) is 13.3 Å². The topological polar surface area (TPSA) is 29.1 Å². The first-order valence-corrected chi connectivity index (χ1v) is 3.67. The average molecular weight is 162 g/mol. The summed E-state index contributed by atoms with van der Waals surface area (Å²) in [6.07, 6.45) is 0.384. The van der Waals surface area contributed by atoms with Crippen molar-refractivity contribution in [3.05, 3.63) is 12.2 Å². The first-order chi connectivity index (χ1) is 4.66. The van der Waals surface area contributed by atoms with Gasteiger partial charge in [-0.05, 0) is 6.92 Å². The van der Waals surface area contributed by atoms with Crippen molar-refractivity contribution in [3.63, 3.8) is 0 Å². The van der Waals surface area contributed by atoms with Gasteiger partial charge in [-0.3, -0.25) is 4.79 Å². The Bertz CT molecular complexity index is 134. The lowest BCUT2D eigenvalue weighted by molar-refractivity contribution is -0.120. The van der Waals surface area contributed by atoms with Crippen LogP contribution in [-0.4, -0.2) is 18.3 Å². The first-order valence-electron chi connectivity index (χ1n) is 3.14.